The van der Waals surface area contributed by atoms with Gasteiger partial charge in [-0.1, -0.05) is 53.6 Å². The highest BCUT2D eigenvalue weighted by Gasteiger charge is 2.24. The maximum absolute atomic E-state index is 12.5. The molecular formula is C21H20ClN3O2. The van der Waals surface area contributed by atoms with Gasteiger partial charge in [-0.3, -0.25) is 9.48 Å². The minimum Gasteiger partial charge on any atom is -0.365 e. The number of carbonyl (C=O) groups is 1. The molecule has 27 heavy (non-hydrogen) atoms. The molecule has 1 atom stereocenters. The van der Waals surface area contributed by atoms with Crippen LogP contribution < -0.4 is 5.32 Å². The first-order valence-electron chi connectivity index (χ1n) is 8.86. The summed E-state index contributed by atoms with van der Waals surface area (Å²) in [5, 5.41) is 8.10. The lowest BCUT2D eigenvalue weighted by Gasteiger charge is -2.24. The number of ether oxygens (including phenoxy) is 1. The van der Waals surface area contributed by atoms with Gasteiger partial charge in [0.05, 0.1) is 18.8 Å². The van der Waals surface area contributed by atoms with E-state index in [1.165, 1.54) is 5.56 Å². The number of nitrogens with one attached hydrogen (secondary N) is 1. The van der Waals surface area contributed by atoms with Crippen LogP contribution in [0, 0.1) is 6.92 Å². The van der Waals surface area contributed by atoms with Crippen molar-refractivity contribution in [1.29, 1.82) is 0 Å². The van der Waals surface area contributed by atoms with Crippen LogP contribution in [0.15, 0.2) is 54.6 Å². The third-order valence-electron chi connectivity index (χ3n) is 4.64. The third-order valence-corrected chi connectivity index (χ3v) is 4.90. The zero-order valence-corrected chi connectivity index (χ0v) is 15.7. The molecule has 1 N–H and O–H groups in total. The fourth-order valence-corrected chi connectivity index (χ4v) is 3.34. The van der Waals surface area contributed by atoms with E-state index in [9.17, 15) is 4.79 Å². The Labute approximate surface area is 162 Å². The summed E-state index contributed by atoms with van der Waals surface area (Å²) in [7, 11) is 0. The molecule has 0 saturated heterocycles. The molecule has 4 rings (SSSR count). The molecule has 0 spiro atoms. The first-order chi connectivity index (χ1) is 13.1. The molecule has 5 nitrogen and oxygen atoms in total. The van der Waals surface area contributed by atoms with Crippen LogP contribution in [0.25, 0.3) is 0 Å². The second-order valence-electron chi connectivity index (χ2n) is 6.73. The van der Waals surface area contributed by atoms with Crippen molar-refractivity contribution in [3.63, 3.8) is 0 Å². The van der Waals surface area contributed by atoms with E-state index in [0.717, 1.165) is 16.8 Å². The van der Waals surface area contributed by atoms with Crippen molar-refractivity contribution in [3.05, 3.63) is 87.7 Å². The van der Waals surface area contributed by atoms with Crippen LogP contribution in [0.3, 0.4) is 0 Å². The number of carbonyl (C=O) groups excluding carboxylic acids is 1. The van der Waals surface area contributed by atoms with E-state index >= 15 is 0 Å². The van der Waals surface area contributed by atoms with Crippen LogP contribution in [-0.4, -0.2) is 15.7 Å². The van der Waals surface area contributed by atoms with Gasteiger partial charge in [-0.2, -0.15) is 5.10 Å². The molecule has 1 amide bonds. The summed E-state index contributed by atoms with van der Waals surface area (Å²) in [5.74, 6) is -0.179. The molecular weight excluding hydrogens is 362 g/mol. The number of aromatic nitrogens is 2. The Kier molecular flexibility index (Phi) is 4.97. The molecule has 138 valence electrons. The van der Waals surface area contributed by atoms with Gasteiger partial charge in [-0.05, 0) is 36.2 Å². The van der Waals surface area contributed by atoms with E-state index in [0.29, 0.717) is 30.4 Å². The van der Waals surface area contributed by atoms with E-state index < -0.39 is 0 Å². The normalized spacial score (nSPS) is 16.0. The molecule has 0 fully saturated rings. The first kappa shape index (κ1) is 17.8. The number of benzene rings is 2. The fraction of sp³-hybridized carbons (Fsp3) is 0.238. The van der Waals surface area contributed by atoms with Gasteiger partial charge in [0.2, 0.25) is 0 Å². The van der Waals surface area contributed by atoms with Gasteiger partial charge < -0.3 is 10.1 Å². The van der Waals surface area contributed by atoms with E-state index in [1.807, 2.05) is 54.1 Å². The Hall–Kier alpha value is -2.63. The number of rotatable bonds is 4. The number of halogens is 1. The molecule has 1 aromatic heterocycles. The summed E-state index contributed by atoms with van der Waals surface area (Å²) in [6, 6.07) is 17.5. The molecule has 0 saturated carbocycles. The molecule has 1 unspecified atom stereocenters. The topological polar surface area (TPSA) is 56.2 Å². The lowest BCUT2D eigenvalue weighted by atomic mass is 10.1. The van der Waals surface area contributed by atoms with Crippen LogP contribution in [0.2, 0.25) is 5.02 Å². The van der Waals surface area contributed by atoms with Gasteiger partial charge >= 0.3 is 0 Å². The van der Waals surface area contributed by atoms with Crippen LogP contribution >= 0.6 is 11.6 Å². The van der Waals surface area contributed by atoms with Crippen molar-refractivity contribution in [2.24, 2.45) is 0 Å². The van der Waals surface area contributed by atoms with Crippen molar-refractivity contribution < 1.29 is 9.53 Å². The van der Waals surface area contributed by atoms with E-state index in [-0.39, 0.29) is 12.0 Å². The molecule has 2 heterocycles. The predicted octanol–water partition coefficient (Wildman–Crippen LogP) is 4.05. The summed E-state index contributed by atoms with van der Waals surface area (Å²) in [6.45, 7) is 3.51. The smallest absolute Gasteiger partial charge is 0.272 e. The average Bonchev–Trinajstić information content (AvgIpc) is 3.10. The Balaban J connectivity index is 1.43. The van der Waals surface area contributed by atoms with Gasteiger partial charge in [0.25, 0.3) is 5.91 Å². The molecule has 6 heteroatoms. The Morgan fingerprint density at radius 1 is 1.26 bits per heavy atom. The van der Waals surface area contributed by atoms with Crippen molar-refractivity contribution in [3.8, 4) is 0 Å². The van der Waals surface area contributed by atoms with Gasteiger partial charge in [0, 0.05) is 11.6 Å². The fourth-order valence-electron chi connectivity index (χ4n) is 3.21. The number of hydrogen-bond acceptors (Lipinski definition) is 3. The van der Waals surface area contributed by atoms with Crippen molar-refractivity contribution in [2.75, 3.05) is 0 Å². The lowest BCUT2D eigenvalue weighted by molar-refractivity contribution is -0.00119. The quantitative estimate of drug-likeness (QED) is 0.741. The predicted molar refractivity (Wildman–Crippen MR) is 104 cm³/mol. The number of hydrogen-bond donors (Lipinski definition) is 1. The summed E-state index contributed by atoms with van der Waals surface area (Å²) in [6.07, 6.45) is -0.0992. The molecule has 1 aliphatic rings. The molecule has 0 bridgehead atoms. The second kappa shape index (κ2) is 7.55. The SMILES string of the molecule is Cc1cccc(CNC(=O)c2cc3n(n2)CC(c2ccc(Cl)cc2)OC3)c1. The Bertz CT molecular complexity index is 966. The monoisotopic (exact) mass is 381 g/mol. The number of aryl methyl sites for hydroxylation is 1. The van der Waals surface area contributed by atoms with Crippen LogP contribution in [0.5, 0.6) is 0 Å². The summed E-state index contributed by atoms with van der Waals surface area (Å²) in [4.78, 5) is 12.5. The molecule has 0 aliphatic carbocycles. The maximum Gasteiger partial charge on any atom is 0.272 e. The minimum absolute atomic E-state index is 0.0992. The van der Waals surface area contributed by atoms with Crippen LogP contribution in [-0.2, 0) is 24.4 Å². The number of nitrogens with zero attached hydrogens (tertiary/aromatic N) is 2. The molecule has 0 radical (unpaired) electrons. The first-order valence-corrected chi connectivity index (χ1v) is 9.24. The number of fused-ring (bicyclic) bond motifs is 1. The highest BCUT2D eigenvalue weighted by Crippen LogP contribution is 2.27. The van der Waals surface area contributed by atoms with E-state index in [1.54, 1.807) is 6.07 Å². The summed E-state index contributed by atoms with van der Waals surface area (Å²) < 4.78 is 7.78. The Morgan fingerprint density at radius 2 is 2.07 bits per heavy atom. The molecule has 3 aromatic rings. The van der Waals surface area contributed by atoms with Gasteiger partial charge in [0.1, 0.15) is 6.10 Å². The van der Waals surface area contributed by atoms with E-state index in [2.05, 4.69) is 16.5 Å². The van der Waals surface area contributed by atoms with Gasteiger partial charge in [-0.25, -0.2) is 0 Å². The van der Waals surface area contributed by atoms with Gasteiger partial charge in [-0.15, -0.1) is 0 Å². The average molecular weight is 382 g/mol. The van der Waals surface area contributed by atoms with Crippen molar-refractivity contribution >= 4 is 17.5 Å². The highest BCUT2D eigenvalue weighted by atomic mass is 35.5. The number of amides is 1. The minimum atomic E-state index is -0.179. The Morgan fingerprint density at radius 3 is 2.85 bits per heavy atom. The van der Waals surface area contributed by atoms with Crippen LogP contribution in [0.4, 0.5) is 0 Å². The second-order valence-corrected chi connectivity index (χ2v) is 7.16. The summed E-state index contributed by atoms with van der Waals surface area (Å²) >= 11 is 5.95. The van der Waals surface area contributed by atoms with Crippen molar-refractivity contribution in [1.82, 2.24) is 15.1 Å². The standard InChI is InChI=1S/C21H20ClN3O2/c1-14-3-2-4-15(9-14)11-23-21(26)19-10-18-13-27-20(12-25(18)24-19)16-5-7-17(22)8-6-16/h2-10,20H,11-13H2,1H3,(H,23,26). The molecule has 2 aromatic carbocycles. The maximum atomic E-state index is 12.5. The zero-order valence-electron chi connectivity index (χ0n) is 15.0. The van der Waals surface area contributed by atoms with Gasteiger partial charge in [0.15, 0.2) is 5.69 Å². The molecule has 1 aliphatic heterocycles. The highest BCUT2D eigenvalue weighted by molar-refractivity contribution is 6.30. The van der Waals surface area contributed by atoms with Crippen molar-refractivity contribution in [2.45, 2.75) is 32.7 Å². The zero-order chi connectivity index (χ0) is 18.8. The third kappa shape index (κ3) is 4.04. The lowest BCUT2D eigenvalue weighted by Crippen LogP contribution is -2.24. The largest absolute Gasteiger partial charge is 0.365 e. The van der Waals surface area contributed by atoms with Crippen LogP contribution in [0.1, 0.15) is 39.0 Å². The summed E-state index contributed by atoms with van der Waals surface area (Å²) in [5.41, 5.74) is 4.60. The van der Waals surface area contributed by atoms with E-state index in [4.69, 9.17) is 16.3 Å².